The molecule has 4 aromatic heterocycles. The van der Waals surface area contributed by atoms with Crippen molar-refractivity contribution < 1.29 is 32.2 Å². The highest BCUT2D eigenvalue weighted by molar-refractivity contribution is 7.90. The number of alkyl halides is 1. The van der Waals surface area contributed by atoms with E-state index in [4.69, 9.17) is 42.6 Å². The molecule has 1 saturated heterocycles. The highest BCUT2D eigenvalue weighted by atomic mass is 35.5. The number of aliphatic hydroxyl groups is 1. The third-order valence-electron chi connectivity index (χ3n) is 11.2. The monoisotopic (exact) mass is 909 g/mol. The third-order valence-corrected chi connectivity index (χ3v) is 13.1. The van der Waals surface area contributed by atoms with Crippen molar-refractivity contribution in [2.75, 3.05) is 31.0 Å². The lowest BCUT2D eigenvalue weighted by Crippen LogP contribution is -2.47. The number of rotatable bonds is 11. The molecule has 0 spiro atoms. The summed E-state index contributed by atoms with van der Waals surface area (Å²) in [5.74, 6) is 0.783. The third kappa shape index (κ3) is 9.20. The summed E-state index contributed by atoms with van der Waals surface area (Å²) in [6.07, 6.45) is 7.10. The minimum Gasteiger partial charge on any atom is -0.484 e. The molecule has 1 amide bonds. The number of piperidine rings is 1. The molecule has 0 radical (unpaired) electrons. The van der Waals surface area contributed by atoms with Crippen LogP contribution in [0.1, 0.15) is 60.3 Å². The van der Waals surface area contributed by atoms with Crippen LogP contribution in [0.2, 0.25) is 10.0 Å². The number of anilines is 1. The highest BCUT2D eigenvalue weighted by Gasteiger charge is 2.43. The Morgan fingerprint density at radius 1 is 0.825 bits per heavy atom. The van der Waals surface area contributed by atoms with Crippen LogP contribution in [-0.2, 0) is 10.2 Å². The number of aliphatic hydroxyl groups excluding tert-OH is 1. The Hall–Kier alpha value is -5.71. The van der Waals surface area contributed by atoms with Crippen molar-refractivity contribution in [3.63, 3.8) is 0 Å². The number of pyridine rings is 4. The van der Waals surface area contributed by atoms with Gasteiger partial charge in [0.25, 0.3) is 22.0 Å². The number of fused-ring (bicyclic) bond motifs is 1. The first kappa shape index (κ1) is 42.6. The van der Waals surface area contributed by atoms with Crippen molar-refractivity contribution in [1.82, 2.24) is 29.6 Å². The number of halogens is 3. The Morgan fingerprint density at radius 2 is 1.49 bits per heavy atom. The molecule has 1 aliphatic carbocycles. The SMILES string of the molecule is CC(C)NS(=O)(=O)Nc1ccc(-c2cncc(-c3cc(C4CC4c4cc(-c5cncc(-c6ccc(C(=O)N7CCC(F)C(O)C7)cc6Cl)c5)ccn4)nc4c3OCCO4)c2)c(Cl)c1. The first-order chi connectivity index (χ1) is 30.3. The molecule has 9 rings (SSSR count). The average Bonchev–Trinajstić information content (AvgIpc) is 4.08. The van der Waals surface area contributed by atoms with Gasteiger partial charge in [-0.1, -0.05) is 35.3 Å². The fourth-order valence-electron chi connectivity index (χ4n) is 8.07. The number of benzene rings is 2. The van der Waals surface area contributed by atoms with Gasteiger partial charge in [-0.15, -0.1) is 0 Å². The van der Waals surface area contributed by atoms with Crippen molar-refractivity contribution in [2.45, 2.75) is 56.8 Å². The molecular weight excluding hydrogens is 869 g/mol. The molecule has 6 aromatic rings. The summed E-state index contributed by atoms with van der Waals surface area (Å²) in [4.78, 5) is 33.4. The molecule has 17 heteroatoms. The number of likely N-dealkylation sites (tertiary alicyclic amines) is 1. The van der Waals surface area contributed by atoms with Crippen LogP contribution in [0.15, 0.2) is 97.7 Å². The summed E-state index contributed by atoms with van der Waals surface area (Å²) >= 11 is 13.5. The minimum absolute atomic E-state index is 0.0607. The van der Waals surface area contributed by atoms with Crippen LogP contribution in [0.3, 0.4) is 0 Å². The van der Waals surface area contributed by atoms with Crippen LogP contribution in [0.25, 0.3) is 44.5 Å². The van der Waals surface area contributed by atoms with E-state index in [2.05, 4.69) is 25.5 Å². The van der Waals surface area contributed by atoms with Crippen LogP contribution < -0.4 is 18.9 Å². The molecule has 4 unspecified atom stereocenters. The smallest absolute Gasteiger partial charge is 0.299 e. The number of nitrogens with zero attached hydrogens (tertiary/aromatic N) is 5. The number of aromatic nitrogens is 4. The Morgan fingerprint density at radius 3 is 2.21 bits per heavy atom. The number of nitrogens with one attached hydrogen (secondary N) is 2. The van der Waals surface area contributed by atoms with Crippen LogP contribution in [0.5, 0.6) is 11.6 Å². The van der Waals surface area contributed by atoms with E-state index in [1.165, 1.54) is 4.90 Å². The van der Waals surface area contributed by atoms with Gasteiger partial charge in [-0.25, -0.2) is 9.37 Å². The van der Waals surface area contributed by atoms with Gasteiger partial charge in [0.1, 0.15) is 25.5 Å². The van der Waals surface area contributed by atoms with E-state index < -0.39 is 22.5 Å². The molecule has 1 saturated carbocycles. The first-order valence-corrected chi connectivity index (χ1v) is 22.7. The van der Waals surface area contributed by atoms with Crippen LogP contribution in [0.4, 0.5) is 10.1 Å². The summed E-state index contributed by atoms with van der Waals surface area (Å²) in [5, 5.41) is 10.7. The molecule has 3 N–H and O–H groups in total. The summed E-state index contributed by atoms with van der Waals surface area (Å²) in [6.45, 7) is 4.36. The second-order valence-corrected chi connectivity index (χ2v) is 18.4. The fourth-order valence-corrected chi connectivity index (χ4v) is 9.77. The lowest BCUT2D eigenvalue weighted by atomic mass is 9.99. The van der Waals surface area contributed by atoms with Crippen LogP contribution >= 0.6 is 23.2 Å². The zero-order chi connectivity index (χ0) is 44.0. The van der Waals surface area contributed by atoms with Gasteiger partial charge in [-0.05, 0) is 86.8 Å². The topological polar surface area (TPSA) is 169 Å². The van der Waals surface area contributed by atoms with E-state index >= 15 is 0 Å². The zero-order valence-electron chi connectivity index (χ0n) is 34.1. The first-order valence-electron chi connectivity index (χ1n) is 20.5. The van der Waals surface area contributed by atoms with Crippen LogP contribution in [0, 0.1) is 0 Å². The van der Waals surface area contributed by atoms with E-state index in [1.807, 2.05) is 24.3 Å². The number of hydrogen-bond acceptors (Lipinski definition) is 10. The predicted octanol–water partition coefficient (Wildman–Crippen LogP) is 8.48. The maximum atomic E-state index is 13.8. The molecule has 63 heavy (non-hydrogen) atoms. The summed E-state index contributed by atoms with van der Waals surface area (Å²) in [5.41, 5.74) is 8.61. The molecule has 4 atom stereocenters. The predicted molar refractivity (Wildman–Crippen MR) is 239 cm³/mol. The zero-order valence-corrected chi connectivity index (χ0v) is 36.5. The lowest BCUT2D eigenvalue weighted by molar-refractivity contribution is 0.00580. The number of carbonyl (C=O) groups excluding carboxylic acids is 1. The largest absolute Gasteiger partial charge is 0.484 e. The van der Waals surface area contributed by atoms with Gasteiger partial charge < -0.3 is 19.5 Å². The van der Waals surface area contributed by atoms with Crippen molar-refractivity contribution in [2.24, 2.45) is 0 Å². The lowest BCUT2D eigenvalue weighted by Gasteiger charge is -2.32. The molecule has 2 fully saturated rings. The fraction of sp³-hybridized carbons (Fsp3) is 0.283. The number of β-amino-alcohol motifs (C(OH)–C–C–N with tert-alkyl or cyclic N) is 1. The van der Waals surface area contributed by atoms with Crippen molar-refractivity contribution >= 4 is 45.0 Å². The van der Waals surface area contributed by atoms with E-state index in [9.17, 15) is 22.7 Å². The summed E-state index contributed by atoms with van der Waals surface area (Å²) in [7, 11) is -3.78. The van der Waals surface area contributed by atoms with Gasteiger partial charge in [-0.3, -0.25) is 24.5 Å². The number of amides is 1. The average molecular weight is 911 g/mol. The maximum Gasteiger partial charge on any atom is 0.299 e. The van der Waals surface area contributed by atoms with Crippen molar-refractivity contribution in [1.29, 1.82) is 0 Å². The molecule has 6 heterocycles. The number of hydrogen-bond donors (Lipinski definition) is 3. The maximum absolute atomic E-state index is 13.8. The summed E-state index contributed by atoms with van der Waals surface area (Å²) in [6, 6.07) is 19.7. The van der Waals surface area contributed by atoms with Gasteiger partial charge in [0.05, 0.1) is 10.7 Å². The van der Waals surface area contributed by atoms with Crippen LogP contribution in [-0.4, -0.2) is 88.9 Å². The Labute approximate surface area is 373 Å². The Kier molecular flexibility index (Phi) is 11.8. The van der Waals surface area contributed by atoms with Gasteiger partial charge in [-0.2, -0.15) is 13.1 Å². The molecule has 2 aromatic carbocycles. The Balaban J connectivity index is 0.943. The van der Waals surface area contributed by atoms with E-state index in [0.717, 1.165) is 51.2 Å². The minimum atomic E-state index is -3.78. The van der Waals surface area contributed by atoms with Gasteiger partial charge in [0.15, 0.2) is 5.75 Å². The number of carbonyl (C=O) groups is 1. The molecule has 324 valence electrons. The van der Waals surface area contributed by atoms with E-state index in [-0.39, 0.29) is 43.3 Å². The normalized spacial score (nSPS) is 19.5. The molecule has 2 aliphatic heterocycles. The number of ether oxygens (including phenoxy) is 2. The Bertz CT molecular complexity index is 2850. The van der Waals surface area contributed by atoms with E-state index in [1.54, 1.807) is 81.2 Å². The van der Waals surface area contributed by atoms with E-state index in [0.29, 0.717) is 57.3 Å². The second-order valence-electron chi connectivity index (χ2n) is 16.2. The standard InChI is InChI=1S/C46H42Cl2FN7O6S/c1-25(2)54-63(59,60)55-32-4-6-34(39(48)17-32)30-14-31(23-51-22-30)35-19-42(53-45-44(35)61-11-12-62-45)37-18-36(37)41-16-26(7-9-52-41)28-13-29(21-50-20-28)33-5-3-27(15-38(33)47)46(58)56-10-8-40(49)43(57)24-56/h3-7,9,13-17,19-23,25,36-37,40,43,54-55,57H,8,10-12,18,24H2,1-2H3. The quantitative estimate of drug-likeness (QED) is 0.115. The van der Waals surface area contributed by atoms with Crippen molar-refractivity contribution in [3.8, 4) is 56.1 Å². The van der Waals surface area contributed by atoms with Gasteiger partial charge in [0.2, 0.25) is 0 Å². The molecule has 3 aliphatic rings. The second kappa shape index (κ2) is 17.5. The molecule has 0 bridgehead atoms. The van der Waals surface area contributed by atoms with Gasteiger partial charge >= 0.3 is 0 Å². The molecular formula is C46H42Cl2FN7O6S. The van der Waals surface area contributed by atoms with Gasteiger partial charge in [0, 0.05) is 123 Å². The molecule has 13 nitrogen and oxygen atoms in total. The van der Waals surface area contributed by atoms with Crippen molar-refractivity contribution in [3.05, 3.63) is 125 Å². The summed E-state index contributed by atoms with van der Waals surface area (Å²) < 4.78 is 55.9. The highest BCUT2D eigenvalue weighted by Crippen LogP contribution is 2.56.